The van der Waals surface area contributed by atoms with Crippen LogP contribution in [0, 0.1) is 0 Å². The normalized spacial score (nSPS) is 12.4. The van der Waals surface area contributed by atoms with Crippen LogP contribution in [0.5, 0.6) is 0 Å². The van der Waals surface area contributed by atoms with E-state index in [1.165, 1.54) is 0 Å². The van der Waals surface area contributed by atoms with Gasteiger partial charge in [0.15, 0.2) is 0 Å². The van der Waals surface area contributed by atoms with Crippen molar-refractivity contribution >= 4 is 17.3 Å². The molecule has 1 aromatic rings. The number of thiophene rings is 1. The highest BCUT2D eigenvalue weighted by Crippen LogP contribution is 2.22. The number of carbonyl (C=O) groups excluding carboxylic acids is 1. The Balaban J connectivity index is 2.26. The molecule has 0 bridgehead atoms. The first-order valence-corrected chi connectivity index (χ1v) is 6.35. The molecule has 15 heavy (non-hydrogen) atoms. The van der Waals surface area contributed by atoms with Crippen molar-refractivity contribution < 1.29 is 9.53 Å². The van der Waals surface area contributed by atoms with Gasteiger partial charge in [0.25, 0.3) is 0 Å². The average Bonchev–Trinajstić information content (AvgIpc) is 2.70. The average molecular weight is 226 g/mol. The quantitative estimate of drug-likeness (QED) is 0.542. The highest BCUT2D eigenvalue weighted by atomic mass is 32.1. The van der Waals surface area contributed by atoms with E-state index in [-0.39, 0.29) is 12.1 Å². The highest BCUT2D eigenvalue weighted by molar-refractivity contribution is 7.10. The van der Waals surface area contributed by atoms with Gasteiger partial charge in [0.2, 0.25) is 0 Å². The summed E-state index contributed by atoms with van der Waals surface area (Å²) in [6, 6.07) is 3.97. The van der Waals surface area contributed by atoms with Crippen LogP contribution in [0.3, 0.4) is 0 Å². The van der Waals surface area contributed by atoms with Gasteiger partial charge in [-0.15, -0.1) is 11.3 Å². The van der Waals surface area contributed by atoms with E-state index in [4.69, 9.17) is 4.74 Å². The molecule has 1 heterocycles. The Labute approximate surface area is 95.3 Å². The third-order valence-corrected chi connectivity index (χ3v) is 3.27. The second-order valence-corrected chi connectivity index (χ2v) is 4.58. The van der Waals surface area contributed by atoms with Gasteiger partial charge in [-0.2, -0.15) is 0 Å². The summed E-state index contributed by atoms with van der Waals surface area (Å²) in [4.78, 5) is 12.5. The van der Waals surface area contributed by atoms with Crippen LogP contribution >= 0.6 is 11.3 Å². The van der Waals surface area contributed by atoms with E-state index in [0.717, 1.165) is 24.1 Å². The Morgan fingerprint density at radius 3 is 2.93 bits per heavy atom. The fourth-order valence-electron chi connectivity index (χ4n) is 1.36. The molecule has 0 radical (unpaired) electrons. The Bertz CT molecular complexity index is 280. The second-order valence-electron chi connectivity index (χ2n) is 3.60. The van der Waals surface area contributed by atoms with Crippen molar-refractivity contribution in [3.05, 3.63) is 22.4 Å². The molecule has 0 spiro atoms. The molecule has 0 aliphatic heterocycles. The maximum atomic E-state index is 11.4. The van der Waals surface area contributed by atoms with E-state index in [1.54, 1.807) is 11.3 Å². The van der Waals surface area contributed by atoms with Crippen molar-refractivity contribution in [3.63, 3.8) is 0 Å². The first kappa shape index (κ1) is 12.2. The van der Waals surface area contributed by atoms with Gasteiger partial charge in [-0.25, -0.2) is 0 Å². The molecule has 0 amide bonds. The zero-order chi connectivity index (χ0) is 11.1. The maximum absolute atomic E-state index is 11.4. The van der Waals surface area contributed by atoms with Gasteiger partial charge in [-0.1, -0.05) is 25.8 Å². The van der Waals surface area contributed by atoms with Crippen LogP contribution in [0.1, 0.15) is 50.5 Å². The lowest BCUT2D eigenvalue weighted by Crippen LogP contribution is -2.07. The summed E-state index contributed by atoms with van der Waals surface area (Å²) in [6.07, 6.45) is 3.62. The van der Waals surface area contributed by atoms with Crippen molar-refractivity contribution in [1.29, 1.82) is 0 Å². The molecule has 1 aromatic heterocycles. The predicted molar refractivity (Wildman–Crippen MR) is 63.0 cm³/mol. The van der Waals surface area contributed by atoms with E-state index in [2.05, 4.69) is 6.92 Å². The van der Waals surface area contributed by atoms with Gasteiger partial charge in [-0.05, 0) is 24.8 Å². The summed E-state index contributed by atoms with van der Waals surface area (Å²) in [5.41, 5.74) is 0. The second kappa shape index (κ2) is 6.62. The molecule has 0 aliphatic carbocycles. The molecular weight excluding hydrogens is 208 g/mol. The fourth-order valence-corrected chi connectivity index (χ4v) is 2.07. The Morgan fingerprint density at radius 2 is 2.33 bits per heavy atom. The van der Waals surface area contributed by atoms with Crippen LogP contribution in [0.15, 0.2) is 17.5 Å². The lowest BCUT2D eigenvalue weighted by atomic mass is 10.2. The van der Waals surface area contributed by atoms with E-state index in [9.17, 15) is 4.79 Å². The molecule has 1 rings (SSSR count). The van der Waals surface area contributed by atoms with Crippen LogP contribution in [0.4, 0.5) is 0 Å². The number of hydrogen-bond acceptors (Lipinski definition) is 3. The first-order chi connectivity index (χ1) is 7.24. The van der Waals surface area contributed by atoms with Gasteiger partial charge in [0.05, 0.1) is 0 Å². The molecule has 84 valence electrons. The van der Waals surface area contributed by atoms with Crippen LogP contribution in [-0.4, -0.2) is 5.97 Å². The molecule has 0 N–H and O–H groups in total. The molecule has 0 saturated carbocycles. The number of unbranched alkanes of at least 4 members (excludes halogenated alkanes) is 2. The van der Waals surface area contributed by atoms with E-state index in [0.29, 0.717) is 6.42 Å². The van der Waals surface area contributed by atoms with Crippen molar-refractivity contribution in [2.45, 2.75) is 45.6 Å². The van der Waals surface area contributed by atoms with Gasteiger partial charge in [0, 0.05) is 11.3 Å². The van der Waals surface area contributed by atoms with Gasteiger partial charge < -0.3 is 4.74 Å². The van der Waals surface area contributed by atoms with Crippen molar-refractivity contribution in [2.75, 3.05) is 0 Å². The molecule has 3 heteroatoms. The van der Waals surface area contributed by atoms with Crippen LogP contribution in [-0.2, 0) is 9.53 Å². The third-order valence-electron chi connectivity index (χ3n) is 2.24. The zero-order valence-corrected chi connectivity index (χ0v) is 10.2. The van der Waals surface area contributed by atoms with Crippen molar-refractivity contribution in [2.24, 2.45) is 0 Å². The largest absolute Gasteiger partial charge is 0.457 e. The lowest BCUT2D eigenvalue weighted by molar-refractivity contribution is -0.148. The van der Waals surface area contributed by atoms with Crippen molar-refractivity contribution in [1.82, 2.24) is 0 Å². The van der Waals surface area contributed by atoms with Crippen LogP contribution < -0.4 is 0 Å². The number of carbonyl (C=O) groups is 1. The van der Waals surface area contributed by atoms with Crippen LogP contribution in [0.2, 0.25) is 0 Å². The monoisotopic (exact) mass is 226 g/mol. The van der Waals surface area contributed by atoms with E-state index in [1.807, 2.05) is 24.4 Å². The number of hydrogen-bond donors (Lipinski definition) is 0. The molecule has 0 unspecified atom stereocenters. The molecule has 1 atom stereocenters. The standard InChI is InChI=1S/C12H18O2S/c1-3-4-5-8-12(13)14-10(2)11-7-6-9-15-11/h6-7,9-10H,3-5,8H2,1-2H3/t10-/m1/s1. The Morgan fingerprint density at radius 1 is 1.53 bits per heavy atom. The summed E-state index contributed by atoms with van der Waals surface area (Å²) in [5.74, 6) is -0.0793. The fraction of sp³-hybridized carbons (Fsp3) is 0.583. The number of ether oxygens (including phenoxy) is 1. The zero-order valence-electron chi connectivity index (χ0n) is 9.36. The smallest absolute Gasteiger partial charge is 0.306 e. The lowest BCUT2D eigenvalue weighted by Gasteiger charge is -2.11. The predicted octanol–water partition coefficient (Wildman–Crippen LogP) is 3.93. The summed E-state index contributed by atoms with van der Waals surface area (Å²) >= 11 is 1.62. The van der Waals surface area contributed by atoms with E-state index >= 15 is 0 Å². The Hall–Kier alpha value is -0.830. The number of esters is 1. The highest BCUT2D eigenvalue weighted by Gasteiger charge is 2.11. The number of rotatable bonds is 6. The minimum Gasteiger partial charge on any atom is -0.457 e. The maximum Gasteiger partial charge on any atom is 0.306 e. The molecule has 0 aromatic carbocycles. The molecule has 0 aliphatic rings. The molecule has 0 saturated heterocycles. The van der Waals surface area contributed by atoms with Crippen LogP contribution in [0.25, 0.3) is 0 Å². The molecular formula is C12H18O2S. The summed E-state index contributed by atoms with van der Waals surface area (Å²) < 4.78 is 5.31. The first-order valence-electron chi connectivity index (χ1n) is 5.47. The SMILES string of the molecule is CCCCCC(=O)O[C@H](C)c1cccs1. The summed E-state index contributed by atoms with van der Waals surface area (Å²) in [5, 5.41) is 2.00. The molecule has 2 nitrogen and oxygen atoms in total. The summed E-state index contributed by atoms with van der Waals surface area (Å²) in [7, 11) is 0. The van der Waals surface area contributed by atoms with Gasteiger partial charge >= 0.3 is 5.97 Å². The minimum absolute atomic E-state index is 0.0793. The van der Waals surface area contributed by atoms with E-state index < -0.39 is 0 Å². The van der Waals surface area contributed by atoms with Gasteiger partial charge in [0.1, 0.15) is 6.10 Å². The van der Waals surface area contributed by atoms with Crippen molar-refractivity contribution in [3.8, 4) is 0 Å². The topological polar surface area (TPSA) is 26.3 Å². The summed E-state index contributed by atoms with van der Waals surface area (Å²) in [6.45, 7) is 4.04. The van der Waals surface area contributed by atoms with Gasteiger partial charge in [-0.3, -0.25) is 4.79 Å². The minimum atomic E-state index is -0.0980. The Kier molecular flexibility index (Phi) is 5.40. The molecule has 0 fully saturated rings. The third kappa shape index (κ3) is 4.47.